The molecule has 0 aliphatic carbocycles. The fourth-order valence-corrected chi connectivity index (χ4v) is 1.13. The lowest BCUT2D eigenvalue weighted by atomic mass is 10.3. The molecule has 1 aromatic heterocycles. The van der Waals surface area contributed by atoms with E-state index < -0.39 is 0 Å². The molecule has 0 fully saturated rings. The third kappa shape index (κ3) is 1.70. The summed E-state index contributed by atoms with van der Waals surface area (Å²) in [4.78, 5) is 13.9. The first kappa shape index (κ1) is 7.54. The monoisotopic (exact) mass is 201 g/mol. The zero-order chi connectivity index (χ0) is 7.56. The SMILES string of the molecule is Cc1cc(=O)cc(CBr)[nH]1. The predicted octanol–water partition coefficient (Wildman–Crippen LogP) is 1.58. The van der Waals surface area contributed by atoms with Gasteiger partial charge in [-0.05, 0) is 6.92 Å². The summed E-state index contributed by atoms with van der Waals surface area (Å²) in [6, 6.07) is 3.16. The third-order valence-corrected chi connectivity index (χ3v) is 1.78. The van der Waals surface area contributed by atoms with Gasteiger partial charge < -0.3 is 4.98 Å². The second kappa shape index (κ2) is 3.01. The van der Waals surface area contributed by atoms with Crippen LogP contribution in [0.15, 0.2) is 16.9 Å². The molecule has 0 unspecified atom stereocenters. The number of rotatable bonds is 1. The van der Waals surface area contributed by atoms with Gasteiger partial charge in [-0.3, -0.25) is 4.79 Å². The molecular weight excluding hydrogens is 194 g/mol. The van der Waals surface area contributed by atoms with Crippen LogP contribution in [-0.4, -0.2) is 4.98 Å². The molecule has 1 rings (SSSR count). The summed E-state index contributed by atoms with van der Waals surface area (Å²) in [7, 11) is 0. The molecule has 1 heterocycles. The van der Waals surface area contributed by atoms with Crippen molar-refractivity contribution in [2.24, 2.45) is 0 Å². The minimum absolute atomic E-state index is 0.0608. The molecule has 0 amide bonds. The van der Waals surface area contributed by atoms with Crippen LogP contribution < -0.4 is 5.43 Å². The van der Waals surface area contributed by atoms with Gasteiger partial charge in [0.05, 0.1) is 0 Å². The number of hydrogen-bond acceptors (Lipinski definition) is 1. The zero-order valence-electron chi connectivity index (χ0n) is 5.65. The fourth-order valence-electron chi connectivity index (χ4n) is 0.824. The van der Waals surface area contributed by atoms with Gasteiger partial charge in [0.2, 0.25) is 0 Å². The van der Waals surface area contributed by atoms with Crippen LogP contribution in [0.5, 0.6) is 0 Å². The fraction of sp³-hybridized carbons (Fsp3) is 0.286. The molecule has 2 nitrogen and oxygen atoms in total. The summed E-state index contributed by atoms with van der Waals surface area (Å²) in [5.74, 6) is 0. The van der Waals surface area contributed by atoms with Crippen molar-refractivity contribution in [2.45, 2.75) is 12.3 Å². The van der Waals surface area contributed by atoms with Crippen molar-refractivity contribution in [1.82, 2.24) is 4.98 Å². The van der Waals surface area contributed by atoms with Crippen molar-refractivity contribution in [3.05, 3.63) is 33.7 Å². The minimum atomic E-state index is 0.0608. The maximum Gasteiger partial charge on any atom is 0.182 e. The molecule has 10 heavy (non-hydrogen) atoms. The van der Waals surface area contributed by atoms with Crippen LogP contribution in [0.1, 0.15) is 11.4 Å². The molecule has 0 saturated carbocycles. The molecule has 0 radical (unpaired) electrons. The van der Waals surface area contributed by atoms with Crippen molar-refractivity contribution in [3.63, 3.8) is 0 Å². The highest BCUT2D eigenvalue weighted by atomic mass is 79.9. The van der Waals surface area contributed by atoms with Crippen LogP contribution in [0, 0.1) is 6.92 Å². The van der Waals surface area contributed by atoms with Gasteiger partial charge in [0.1, 0.15) is 0 Å². The maximum atomic E-state index is 10.8. The normalized spacial score (nSPS) is 9.80. The van der Waals surface area contributed by atoms with Crippen LogP contribution in [0.3, 0.4) is 0 Å². The zero-order valence-corrected chi connectivity index (χ0v) is 7.23. The summed E-state index contributed by atoms with van der Waals surface area (Å²) in [6.45, 7) is 1.87. The lowest BCUT2D eigenvalue weighted by Crippen LogP contribution is -2.02. The maximum absolute atomic E-state index is 10.8. The Morgan fingerprint density at radius 2 is 2.30 bits per heavy atom. The number of aromatic nitrogens is 1. The first-order valence-electron chi connectivity index (χ1n) is 2.98. The van der Waals surface area contributed by atoms with Crippen LogP contribution in [-0.2, 0) is 5.33 Å². The Bertz CT molecular complexity index is 279. The Labute approximate surface area is 67.4 Å². The number of hydrogen-bond donors (Lipinski definition) is 1. The number of alkyl halides is 1. The van der Waals surface area contributed by atoms with Crippen LogP contribution in [0.4, 0.5) is 0 Å². The predicted molar refractivity (Wildman–Crippen MR) is 44.4 cm³/mol. The molecule has 0 atom stereocenters. The summed E-state index contributed by atoms with van der Waals surface area (Å²) in [5.41, 5.74) is 1.89. The first-order valence-corrected chi connectivity index (χ1v) is 4.10. The quantitative estimate of drug-likeness (QED) is 0.689. The Morgan fingerprint density at radius 3 is 2.80 bits per heavy atom. The lowest BCUT2D eigenvalue weighted by Gasteiger charge is -1.96. The van der Waals surface area contributed by atoms with Crippen LogP contribution >= 0.6 is 15.9 Å². The van der Waals surface area contributed by atoms with E-state index in [1.165, 1.54) is 0 Å². The van der Waals surface area contributed by atoms with Gasteiger partial charge in [-0.25, -0.2) is 0 Å². The van der Waals surface area contributed by atoms with Crippen molar-refractivity contribution >= 4 is 15.9 Å². The molecule has 0 aliphatic rings. The molecule has 1 aromatic rings. The second-order valence-electron chi connectivity index (χ2n) is 2.16. The van der Waals surface area contributed by atoms with Crippen molar-refractivity contribution in [2.75, 3.05) is 0 Å². The molecule has 3 heteroatoms. The number of nitrogens with one attached hydrogen (secondary N) is 1. The van der Waals surface area contributed by atoms with Gasteiger partial charge in [-0.1, -0.05) is 15.9 Å². The highest BCUT2D eigenvalue weighted by Gasteiger charge is 1.91. The van der Waals surface area contributed by atoms with Gasteiger partial charge in [0.25, 0.3) is 0 Å². The van der Waals surface area contributed by atoms with E-state index in [4.69, 9.17) is 0 Å². The molecule has 54 valence electrons. The molecule has 0 saturated heterocycles. The topological polar surface area (TPSA) is 32.9 Å². The summed E-state index contributed by atoms with van der Waals surface area (Å²) in [5, 5.41) is 0.698. The molecule has 1 N–H and O–H groups in total. The van der Waals surface area contributed by atoms with E-state index in [0.717, 1.165) is 11.4 Å². The average Bonchev–Trinajstić information content (AvgIpc) is 1.85. The largest absolute Gasteiger partial charge is 0.362 e. The first-order chi connectivity index (χ1) is 4.72. The standard InChI is InChI=1S/C7H8BrNO/c1-5-2-7(10)3-6(4-8)9-5/h2-3H,4H2,1H3,(H,9,10). The van der Waals surface area contributed by atoms with Gasteiger partial charge in [0, 0.05) is 28.9 Å². The van der Waals surface area contributed by atoms with Crippen molar-refractivity contribution in [3.8, 4) is 0 Å². The third-order valence-electron chi connectivity index (χ3n) is 1.18. The summed E-state index contributed by atoms with van der Waals surface area (Å²) < 4.78 is 0. The number of pyridine rings is 1. The van der Waals surface area contributed by atoms with Gasteiger partial charge >= 0.3 is 0 Å². The Hall–Kier alpha value is -0.570. The van der Waals surface area contributed by atoms with Crippen molar-refractivity contribution in [1.29, 1.82) is 0 Å². The number of aromatic amines is 1. The summed E-state index contributed by atoms with van der Waals surface area (Å²) in [6.07, 6.45) is 0. The van der Waals surface area contributed by atoms with Gasteiger partial charge in [0.15, 0.2) is 5.43 Å². The number of H-pyrrole nitrogens is 1. The van der Waals surface area contributed by atoms with E-state index in [1.54, 1.807) is 12.1 Å². The van der Waals surface area contributed by atoms with E-state index >= 15 is 0 Å². The average molecular weight is 202 g/mol. The van der Waals surface area contributed by atoms with Crippen LogP contribution in [0.2, 0.25) is 0 Å². The van der Waals surface area contributed by atoms with E-state index in [-0.39, 0.29) is 5.43 Å². The Kier molecular flexibility index (Phi) is 2.27. The minimum Gasteiger partial charge on any atom is -0.362 e. The van der Waals surface area contributed by atoms with Crippen molar-refractivity contribution < 1.29 is 0 Å². The van der Waals surface area contributed by atoms with E-state index in [1.807, 2.05) is 6.92 Å². The molecule has 0 aliphatic heterocycles. The van der Waals surface area contributed by atoms with Gasteiger partial charge in [-0.15, -0.1) is 0 Å². The van der Waals surface area contributed by atoms with Crippen LogP contribution in [0.25, 0.3) is 0 Å². The van der Waals surface area contributed by atoms with E-state index in [0.29, 0.717) is 5.33 Å². The Balaban J connectivity index is 3.19. The number of aryl methyl sites for hydroxylation is 1. The Morgan fingerprint density at radius 1 is 1.60 bits per heavy atom. The molecule has 0 spiro atoms. The van der Waals surface area contributed by atoms with E-state index in [2.05, 4.69) is 20.9 Å². The van der Waals surface area contributed by atoms with E-state index in [9.17, 15) is 4.79 Å². The molecule has 0 aromatic carbocycles. The highest BCUT2D eigenvalue weighted by Crippen LogP contribution is 1.98. The summed E-state index contributed by atoms with van der Waals surface area (Å²) >= 11 is 3.26. The lowest BCUT2D eigenvalue weighted by molar-refractivity contribution is 1.10. The molecule has 0 bridgehead atoms. The number of halogens is 1. The van der Waals surface area contributed by atoms with Gasteiger partial charge in [-0.2, -0.15) is 0 Å². The smallest absolute Gasteiger partial charge is 0.182 e. The second-order valence-corrected chi connectivity index (χ2v) is 2.72. The molecular formula is C7H8BrNO. The highest BCUT2D eigenvalue weighted by molar-refractivity contribution is 9.08.